The summed E-state index contributed by atoms with van der Waals surface area (Å²) in [6, 6.07) is 12.2. The SMILES string of the molecule is CCOC(=O)c1oc2ccc(S(=O)(=O)NCCc3ccccc3Br)cc2c1C. The Morgan fingerprint density at radius 2 is 1.96 bits per heavy atom. The van der Waals surface area contributed by atoms with Crippen molar-refractivity contribution in [1.29, 1.82) is 0 Å². The fourth-order valence-electron chi connectivity index (χ4n) is 2.86. The quantitative estimate of drug-likeness (QED) is 0.528. The summed E-state index contributed by atoms with van der Waals surface area (Å²) >= 11 is 3.46. The predicted molar refractivity (Wildman–Crippen MR) is 110 cm³/mol. The molecule has 148 valence electrons. The normalized spacial score (nSPS) is 11.7. The molecule has 0 aliphatic heterocycles. The van der Waals surface area contributed by atoms with Gasteiger partial charge in [-0.1, -0.05) is 34.1 Å². The highest BCUT2D eigenvalue weighted by atomic mass is 79.9. The molecule has 1 aromatic heterocycles. The number of aryl methyl sites for hydroxylation is 1. The zero-order valence-electron chi connectivity index (χ0n) is 15.5. The van der Waals surface area contributed by atoms with Crippen molar-refractivity contribution < 1.29 is 22.4 Å². The van der Waals surface area contributed by atoms with Crippen LogP contribution < -0.4 is 4.72 Å². The van der Waals surface area contributed by atoms with Crippen molar-refractivity contribution in [2.24, 2.45) is 0 Å². The van der Waals surface area contributed by atoms with Crippen molar-refractivity contribution in [2.45, 2.75) is 25.2 Å². The molecule has 6 nitrogen and oxygen atoms in total. The summed E-state index contributed by atoms with van der Waals surface area (Å²) in [5.41, 5.74) is 2.01. The number of fused-ring (bicyclic) bond motifs is 1. The maximum Gasteiger partial charge on any atom is 0.374 e. The first-order valence-electron chi connectivity index (χ1n) is 8.77. The van der Waals surface area contributed by atoms with Crippen molar-refractivity contribution >= 4 is 42.9 Å². The molecule has 2 aromatic carbocycles. The first kappa shape index (κ1) is 20.6. The lowest BCUT2D eigenvalue weighted by Gasteiger charge is -2.08. The van der Waals surface area contributed by atoms with E-state index in [1.54, 1.807) is 19.9 Å². The molecule has 0 bridgehead atoms. The van der Waals surface area contributed by atoms with E-state index < -0.39 is 16.0 Å². The third-order valence-corrected chi connectivity index (χ3v) is 6.56. The van der Waals surface area contributed by atoms with Gasteiger partial charge in [0, 0.05) is 22.0 Å². The molecule has 0 atom stereocenters. The lowest BCUT2D eigenvalue weighted by atomic mass is 10.1. The fourth-order valence-corrected chi connectivity index (χ4v) is 4.40. The zero-order chi connectivity index (χ0) is 20.3. The lowest BCUT2D eigenvalue weighted by Crippen LogP contribution is -2.26. The molecule has 0 radical (unpaired) electrons. The highest BCUT2D eigenvalue weighted by molar-refractivity contribution is 9.10. The summed E-state index contributed by atoms with van der Waals surface area (Å²) in [4.78, 5) is 12.1. The summed E-state index contributed by atoms with van der Waals surface area (Å²) in [7, 11) is -3.70. The first-order chi connectivity index (χ1) is 13.3. The standard InChI is InChI=1S/C20H20BrNO5S/c1-3-26-20(23)19-13(2)16-12-15(8-9-18(16)27-19)28(24,25)22-11-10-14-6-4-5-7-17(14)21/h4-9,12,22H,3,10-11H2,1-2H3. The molecule has 0 spiro atoms. The van der Waals surface area contributed by atoms with Crippen molar-refractivity contribution in [3.05, 3.63) is 63.8 Å². The number of esters is 1. The van der Waals surface area contributed by atoms with Gasteiger partial charge < -0.3 is 9.15 Å². The number of hydrogen-bond acceptors (Lipinski definition) is 5. The van der Waals surface area contributed by atoms with Crippen LogP contribution in [0.4, 0.5) is 0 Å². The molecule has 8 heteroatoms. The average molecular weight is 466 g/mol. The van der Waals surface area contributed by atoms with E-state index in [0.29, 0.717) is 23.0 Å². The Kier molecular flexibility index (Phi) is 6.22. The van der Waals surface area contributed by atoms with Gasteiger partial charge in [-0.3, -0.25) is 0 Å². The molecule has 0 aliphatic carbocycles. The van der Waals surface area contributed by atoms with Crippen LogP contribution in [0.2, 0.25) is 0 Å². The van der Waals surface area contributed by atoms with Gasteiger partial charge in [0.05, 0.1) is 11.5 Å². The molecule has 1 heterocycles. The number of furan rings is 1. The van der Waals surface area contributed by atoms with E-state index in [-0.39, 0.29) is 23.8 Å². The van der Waals surface area contributed by atoms with E-state index in [9.17, 15) is 13.2 Å². The van der Waals surface area contributed by atoms with E-state index in [2.05, 4.69) is 20.7 Å². The number of benzene rings is 2. The number of ether oxygens (including phenoxy) is 1. The van der Waals surface area contributed by atoms with Crippen molar-refractivity contribution in [3.63, 3.8) is 0 Å². The minimum Gasteiger partial charge on any atom is -0.460 e. The third-order valence-electron chi connectivity index (χ3n) is 4.32. The minimum atomic E-state index is -3.70. The smallest absolute Gasteiger partial charge is 0.374 e. The van der Waals surface area contributed by atoms with E-state index in [1.165, 1.54) is 12.1 Å². The Morgan fingerprint density at radius 1 is 1.21 bits per heavy atom. The molecule has 3 rings (SSSR count). The Hall–Kier alpha value is -2.16. The number of sulfonamides is 1. The summed E-state index contributed by atoms with van der Waals surface area (Å²) in [5, 5.41) is 0.566. The number of carbonyl (C=O) groups excluding carboxylic acids is 1. The second-order valence-electron chi connectivity index (χ2n) is 6.17. The van der Waals surface area contributed by atoms with Gasteiger partial charge in [0.2, 0.25) is 15.8 Å². The highest BCUT2D eigenvalue weighted by Crippen LogP contribution is 2.28. The largest absolute Gasteiger partial charge is 0.460 e. The van der Waals surface area contributed by atoms with Gasteiger partial charge in [-0.05, 0) is 50.1 Å². The van der Waals surface area contributed by atoms with Gasteiger partial charge in [-0.2, -0.15) is 0 Å². The van der Waals surface area contributed by atoms with Crippen LogP contribution in [0.5, 0.6) is 0 Å². The van der Waals surface area contributed by atoms with Crippen molar-refractivity contribution in [2.75, 3.05) is 13.2 Å². The summed E-state index contributed by atoms with van der Waals surface area (Å²) in [6.07, 6.45) is 0.556. The number of rotatable bonds is 7. The Balaban J connectivity index is 1.80. The number of nitrogens with one attached hydrogen (secondary N) is 1. The maximum absolute atomic E-state index is 12.7. The number of hydrogen-bond donors (Lipinski definition) is 1. The maximum atomic E-state index is 12.7. The monoisotopic (exact) mass is 465 g/mol. The van der Waals surface area contributed by atoms with E-state index >= 15 is 0 Å². The van der Waals surface area contributed by atoms with Crippen LogP contribution >= 0.6 is 15.9 Å². The predicted octanol–water partition coefficient (Wildman–Crippen LogP) is 4.20. The molecule has 0 fully saturated rings. The Labute approximate surface area is 172 Å². The van der Waals surface area contributed by atoms with Gasteiger partial charge in [0.1, 0.15) is 5.58 Å². The molecule has 0 saturated carbocycles. The molecule has 3 aromatic rings. The van der Waals surface area contributed by atoms with Crippen LogP contribution in [0.3, 0.4) is 0 Å². The van der Waals surface area contributed by atoms with Crippen molar-refractivity contribution in [1.82, 2.24) is 4.72 Å². The van der Waals surface area contributed by atoms with Crippen LogP contribution in [0, 0.1) is 6.92 Å². The first-order valence-corrected chi connectivity index (χ1v) is 11.0. The molecule has 0 saturated heterocycles. The summed E-state index contributed by atoms with van der Waals surface area (Å²) in [5.74, 6) is -0.472. The molecule has 1 N–H and O–H groups in total. The second-order valence-corrected chi connectivity index (χ2v) is 8.80. The fraction of sp³-hybridized carbons (Fsp3) is 0.250. The molecular formula is C20H20BrNO5S. The van der Waals surface area contributed by atoms with E-state index in [4.69, 9.17) is 9.15 Å². The van der Waals surface area contributed by atoms with Gasteiger partial charge >= 0.3 is 5.97 Å². The van der Waals surface area contributed by atoms with Crippen molar-refractivity contribution in [3.8, 4) is 0 Å². The molecular weight excluding hydrogens is 446 g/mol. The number of halogens is 1. The van der Waals surface area contributed by atoms with Crippen LogP contribution in [0.15, 0.2) is 56.2 Å². The van der Waals surface area contributed by atoms with Gasteiger partial charge in [-0.15, -0.1) is 0 Å². The van der Waals surface area contributed by atoms with E-state index in [1.807, 2.05) is 24.3 Å². The van der Waals surface area contributed by atoms with Crippen LogP contribution in [-0.4, -0.2) is 27.5 Å². The van der Waals surface area contributed by atoms with Crippen LogP contribution in [0.25, 0.3) is 11.0 Å². The zero-order valence-corrected chi connectivity index (χ0v) is 17.9. The number of carbonyl (C=O) groups is 1. The summed E-state index contributed by atoms with van der Waals surface area (Å²) < 4.78 is 39.4. The molecule has 0 unspecified atom stereocenters. The topological polar surface area (TPSA) is 85.6 Å². The molecule has 0 amide bonds. The van der Waals surface area contributed by atoms with Crippen LogP contribution in [-0.2, 0) is 21.2 Å². The van der Waals surface area contributed by atoms with E-state index in [0.717, 1.165) is 10.0 Å². The Bertz CT molecular complexity index is 1120. The molecule has 28 heavy (non-hydrogen) atoms. The second kappa shape index (κ2) is 8.46. The summed E-state index contributed by atoms with van der Waals surface area (Å²) in [6.45, 7) is 3.91. The van der Waals surface area contributed by atoms with Gasteiger partial charge in [-0.25, -0.2) is 17.9 Å². The lowest BCUT2D eigenvalue weighted by molar-refractivity contribution is 0.0491. The van der Waals surface area contributed by atoms with Crippen LogP contribution in [0.1, 0.15) is 28.6 Å². The molecule has 0 aliphatic rings. The van der Waals surface area contributed by atoms with Gasteiger partial charge in [0.25, 0.3) is 0 Å². The Morgan fingerprint density at radius 3 is 2.68 bits per heavy atom. The minimum absolute atomic E-state index is 0.0910. The third kappa shape index (κ3) is 4.29. The average Bonchev–Trinajstić information content (AvgIpc) is 3.00. The van der Waals surface area contributed by atoms with Gasteiger partial charge in [0.15, 0.2) is 0 Å². The highest BCUT2D eigenvalue weighted by Gasteiger charge is 2.21.